The zero-order valence-electron chi connectivity index (χ0n) is 47.9. The fourth-order valence-corrected chi connectivity index (χ4v) is 8.48. The number of phosphoric acid groups is 1. The highest BCUT2D eigenvalue weighted by Gasteiger charge is 2.28. The number of esters is 3. The van der Waals surface area contributed by atoms with Crippen LogP contribution in [0, 0.1) is 0 Å². The minimum atomic E-state index is -4.78. The summed E-state index contributed by atoms with van der Waals surface area (Å²) in [6.45, 7) is 4.33. The molecule has 76 heavy (non-hydrogen) atoms. The zero-order chi connectivity index (χ0) is 55.5. The molecule has 11 nitrogen and oxygen atoms in total. The summed E-state index contributed by atoms with van der Waals surface area (Å²) >= 11 is 0. The molecule has 0 radical (unpaired) electrons. The summed E-state index contributed by atoms with van der Waals surface area (Å²) in [6.07, 6.45) is 69.1. The molecule has 0 fully saturated rings. The summed E-state index contributed by atoms with van der Waals surface area (Å²) in [7, 11) is -4.78. The van der Waals surface area contributed by atoms with Crippen molar-refractivity contribution in [1.29, 1.82) is 0 Å². The molecule has 3 atom stereocenters. The molecule has 0 heterocycles. The van der Waals surface area contributed by atoms with Crippen molar-refractivity contribution in [2.75, 3.05) is 26.4 Å². The topological polar surface area (TPSA) is 155 Å². The second kappa shape index (κ2) is 57.3. The molecule has 0 aliphatic carbocycles. The van der Waals surface area contributed by atoms with E-state index in [1.165, 1.54) is 44.9 Å². The van der Waals surface area contributed by atoms with Gasteiger partial charge in [-0.1, -0.05) is 214 Å². The predicted octanol–water partition coefficient (Wildman–Crippen LogP) is 17.8. The van der Waals surface area contributed by atoms with E-state index in [0.717, 1.165) is 128 Å². The second-order valence-corrected chi connectivity index (χ2v) is 20.8. The van der Waals surface area contributed by atoms with Gasteiger partial charge in [-0.15, -0.1) is 0 Å². The molecule has 0 bridgehead atoms. The molecule has 0 aromatic rings. The number of hydrogen-bond acceptors (Lipinski definition) is 10. The largest absolute Gasteiger partial charge is 0.472 e. The van der Waals surface area contributed by atoms with Crippen LogP contribution < -0.4 is 0 Å². The van der Waals surface area contributed by atoms with Gasteiger partial charge in [-0.05, 0) is 116 Å². The Morgan fingerprint density at radius 1 is 0.382 bits per heavy atom. The molecule has 12 heteroatoms. The summed E-state index contributed by atoms with van der Waals surface area (Å²) in [5.41, 5.74) is 0. The van der Waals surface area contributed by atoms with Crippen LogP contribution in [0.1, 0.15) is 239 Å². The summed E-state index contributed by atoms with van der Waals surface area (Å²) in [6, 6.07) is 0. The van der Waals surface area contributed by atoms with Crippen LogP contribution in [0.5, 0.6) is 0 Å². The first-order valence-electron chi connectivity index (χ1n) is 29.8. The Morgan fingerprint density at radius 2 is 0.697 bits per heavy atom. The van der Waals surface area contributed by atoms with Gasteiger partial charge in [0.15, 0.2) is 6.10 Å². The van der Waals surface area contributed by atoms with Crippen LogP contribution in [0.25, 0.3) is 0 Å². The first-order chi connectivity index (χ1) is 37.2. The number of hydrogen-bond donors (Lipinski definition) is 2. The Bertz CT molecular complexity index is 1690. The predicted molar refractivity (Wildman–Crippen MR) is 316 cm³/mol. The van der Waals surface area contributed by atoms with Gasteiger partial charge in [-0.3, -0.25) is 23.4 Å². The lowest BCUT2D eigenvalue weighted by Gasteiger charge is -2.21. The lowest BCUT2D eigenvalue weighted by molar-refractivity contribution is -0.161. The minimum absolute atomic E-state index is 0.0825. The van der Waals surface area contributed by atoms with Gasteiger partial charge in [-0.25, -0.2) is 4.57 Å². The Balaban J connectivity index is 4.81. The molecule has 0 amide bonds. The highest BCUT2D eigenvalue weighted by molar-refractivity contribution is 7.47. The number of ether oxygens (including phenoxy) is 3. The van der Waals surface area contributed by atoms with Crippen LogP contribution in [0.4, 0.5) is 0 Å². The average molecular weight is 1080 g/mol. The van der Waals surface area contributed by atoms with Crippen molar-refractivity contribution in [3.8, 4) is 0 Å². The summed E-state index contributed by atoms with van der Waals surface area (Å²) < 4.78 is 39.5. The molecule has 0 saturated heterocycles. The molecule has 0 aromatic heterocycles. The molecule has 0 rings (SSSR count). The normalized spacial score (nSPS) is 14.1. The van der Waals surface area contributed by atoms with E-state index in [0.29, 0.717) is 25.7 Å². The van der Waals surface area contributed by atoms with Crippen LogP contribution in [0.15, 0.2) is 109 Å². The van der Waals surface area contributed by atoms with Crippen molar-refractivity contribution in [3.63, 3.8) is 0 Å². The molecular weight excluding hydrogens is 976 g/mol. The lowest BCUT2D eigenvalue weighted by Crippen LogP contribution is -2.30. The SMILES string of the molecule is CC/C=C\C/C=C\C/C=C\C/C=C\C/C=C\CCCC(=O)OC(COC(=O)CCCCCCC/C=C\CCCCCCCC)COP(=O)(O)OCC(CO)OC(=O)CCCCCCCCC/C=C\C/C=C\C/C=C\CC. The lowest BCUT2D eigenvalue weighted by atomic mass is 10.1. The summed E-state index contributed by atoms with van der Waals surface area (Å²) in [5, 5.41) is 9.83. The monoisotopic (exact) mass is 1080 g/mol. The molecule has 2 N–H and O–H groups in total. The Hall–Kier alpha value is -3.86. The first kappa shape index (κ1) is 72.1. The minimum Gasteiger partial charge on any atom is -0.462 e. The van der Waals surface area contributed by atoms with Gasteiger partial charge in [-0.2, -0.15) is 0 Å². The highest BCUT2D eigenvalue weighted by Crippen LogP contribution is 2.43. The van der Waals surface area contributed by atoms with Crippen LogP contribution in [0.2, 0.25) is 0 Å². The first-order valence-corrected chi connectivity index (χ1v) is 31.3. The van der Waals surface area contributed by atoms with Crippen LogP contribution in [-0.2, 0) is 42.2 Å². The van der Waals surface area contributed by atoms with E-state index in [9.17, 15) is 28.9 Å². The van der Waals surface area contributed by atoms with Crippen molar-refractivity contribution in [2.24, 2.45) is 0 Å². The number of carbonyl (C=O) groups excluding carboxylic acids is 3. The molecule has 0 spiro atoms. The van der Waals surface area contributed by atoms with Crippen LogP contribution >= 0.6 is 7.82 Å². The van der Waals surface area contributed by atoms with Crippen LogP contribution in [0.3, 0.4) is 0 Å². The van der Waals surface area contributed by atoms with Crippen molar-refractivity contribution in [1.82, 2.24) is 0 Å². The maximum Gasteiger partial charge on any atom is 0.472 e. The Morgan fingerprint density at radius 3 is 1.12 bits per heavy atom. The number of unbranched alkanes of at least 4 members (excludes halogenated alkanes) is 19. The fourth-order valence-electron chi connectivity index (χ4n) is 7.69. The van der Waals surface area contributed by atoms with E-state index >= 15 is 0 Å². The maximum atomic E-state index is 12.9. The molecule has 0 aliphatic heterocycles. The molecular formula is C64H107O11P. The third kappa shape index (κ3) is 54.9. The van der Waals surface area contributed by atoms with E-state index in [1.807, 2.05) is 12.2 Å². The van der Waals surface area contributed by atoms with E-state index in [-0.39, 0.29) is 25.9 Å². The third-order valence-electron chi connectivity index (χ3n) is 12.2. The van der Waals surface area contributed by atoms with Crippen molar-refractivity contribution in [2.45, 2.75) is 251 Å². The van der Waals surface area contributed by atoms with Crippen molar-refractivity contribution in [3.05, 3.63) is 109 Å². The smallest absolute Gasteiger partial charge is 0.462 e. The average Bonchev–Trinajstić information content (AvgIpc) is 3.41. The number of phosphoric ester groups is 1. The summed E-state index contributed by atoms with van der Waals surface area (Å²) in [5.74, 6) is -1.56. The maximum absolute atomic E-state index is 12.9. The number of rotatable bonds is 54. The quantitative estimate of drug-likeness (QED) is 0.0197. The van der Waals surface area contributed by atoms with Crippen molar-refractivity contribution >= 4 is 25.7 Å². The zero-order valence-corrected chi connectivity index (χ0v) is 48.8. The molecule has 0 aliphatic rings. The van der Waals surface area contributed by atoms with Gasteiger partial charge in [0, 0.05) is 19.3 Å². The standard InChI is InChI=1S/C64H107O11P/c1-4-7-10-13-16-19-22-25-28-30-33-36-39-42-45-48-51-54-63(67)74-60(56-65)58-72-76(69,70)73-59-61(57-71-62(66)53-50-47-44-41-38-35-32-27-24-21-18-15-12-9-6-3)75-64(68)55-52-49-46-43-40-37-34-31-29-26-23-20-17-14-11-8-5-2/h7-8,10-11,16-17,19-20,25-29,32,34,37,43,46,60-61,65H,4-6,9,12-15,18,21-24,30-31,33,35-36,38-42,44-45,47-59H2,1-3H3,(H,69,70)/b10-7-,11-8-,19-16-,20-17-,28-25-,29-26-,32-27-,37-34-,46-43-. The van der Waals surface area contributed by atoms with E-state index in [2.05, 4.69) is 118 Å². The molecule has 0 saturated carbocycles. The fraction of sp³-hybridized carbons (Fsp3) is 0.672. The van der Waals surface area contributed by atoms with Gasteiger partial charge >= 0.3 is 25.7 Å². The van der Waals surface area contributed by atoms with Gasteiger partial charge in [0.25, 0.3) is 0 Å². The molecule has 0 aromatic carbocycles. The number of aliphatic hydroxyl groups excluding tert-OH is 1. The van der Waals surface area contributed by atoms with E-state index in [4.69, 9.17) is 23.3 Å². The number of allylic oxidation sites excluding steroid dienone is 18. The van der Waals surface area contributed by atoms with Gasteiger partial charge in [0.05, 0.1) is 19.8 Å². The van der Waals surface area contributed by atoms with Gasteiger partial charge in [0.1, 0.15) is 12.7 Å². The highest BCUT2D eigenvalue weighted by atomic mass is 31.2. The van der Waals surface area contributed by atoms with Crippen LogP contribution in [-0.4, -0.2) is 66.5 Å². The van der Waals surface area contributed by atoms with Gasteiger partial charge in [0.2, 0.25) is 0 Å². The number of aliphatic hydroxyl groups is 1. The van der Waals surface area contributed by atoms with Gasteiger partial charge < -0.3 is 24.2 Å². The Labute approximate surface area is 463 Å². The van der Waals surface area contributed by atoms with E-state index in [1.54, 1.807) is 0 Å². The van der Waals surface area contributed by atoms with Crippen molar-refractivity contribution < 1.29 is 52.2 Å². The third-order valence-corrected chi connectivity index (χ3v) is 13.1. The second-order valence-electron chi connectivity index (χ2n) is 19.4. The molecule has 434 valence electrons. The van der Waals surface area contributed by atoms with E-state index < -0.39 is 57.8 Å². The Kier molecular flexibility index (Phi) is 54.4. The summed E-state index contributed by atoms with van der Waals surface area (Å²) in [4.78, 5) is 48.6. The molecule has 3 unspecified atom stereocenters. The number of carbonyl (C=O) groups is 3.